The molecule has 0 bridgehead atoms. The van der Waals surface area contributed by atoms with Crippen LogP contribution in [0.15, 0.2) is 30.5 Å². The zero-order valence-electron chi connectivity index (χ0n) is 21.6. The molecule has 0 aliphatic carbocycles. The Morgan fingerprint density at radius 2 is 1.44 bits per heavy atom. The predicted molar refractivity (Wildman–Crippen MR) is 138 cm³/mol. The molecule has 4 atom stereocenters. The summed E-state index contributed by atoms with van der Waals surface area (Å²) in [4.78, 5) is 53.4. The molecule has 3 amide bonds. The van der Waals surface area contributed by atoms with Gasteiger partial charge in [-0.15, -0.1) is 0 Å². The molecule has 1 aromatic heterocycles. The Labute approximate surface area is 211 Å². The number of nitrogens with one attached hydrogen (secondary N) is 4. The highest BCUT2D eigenvalue weighted by Crippen LogP contribution is 2.19. The molecule has 1 heterocycles. The van der Waals surface area contributed by atoms with E-state index in [0.717, 1.165) is 16.5 Å². The number of H-pyrrole nitrogens is 1. The lowest BCUT2D eigenvalue weighted by atomic mass is 9.99. The topological polar surface area (TPSA) is 166 Å². The molecule has 4 unspecified atom stereocenters. The van der Waals surface area contributed by atoms with Crippen LogP contribution in [0.1, 0.15) is 53.0 Å². The molecular weight excluding hydrogens is 462 g/mol. The predicted octanol–water partition coefficient (Wildman–Crippen LogP) is 1.69. The van der Waals surface area contributed by atoms with Crippen LogP contribution in [-0.2, 0) is 25.6 Å². The third-order valence-corrected chi connectivity index (χ3v) is 5.86. The van der Waals surface area contributed by atoms with Gasteiger partial charge in [-0.1, -0.05) is 45.9 Å². The van der Waals surface area contributed by atoms with E-state index < -0.39 is 47.9 Å². The summed E-state index contributed by atoms with van der Waals surface area (Å²) in [5.41, 5.74) is 7.67. The second-order valence-electron chi connectivity index (χ2n) is 10.1. The van der Waals surface area contributed by atoms with E-state index in [-0.39, 0.29) is 18.3 Å². The molecule has 0 spiro atoms. The monoisotopic (exact) mass is 501 g/mol. The molecule has 7 N–H and O–H groups in total. The summed E-state index contributed by atoms with van der Waals surface area (Å²) in [6, 6.07) is 3.69. The van der Waals surface area contributed by atoms with Crippen LogP contribution in [0.4, 0.5) is 0 Å². The van der Waals surface area contributed by atoms with Crippen molar-refractivity contribution in [1.29, 1.82) is 0 Å². The Morgan fingerprint density at radius 1 is 0.861 bits per heavy atom. The van der Waals surface area contributed by atoms with Crippen molar-refractivity contribution >= 4 is 34.6 Å². The maximum atomic E-state index is 13.3. The van der Waals surface area contributed by atoms with Gasteiger partial charge in [-0.2, -0.15) is 0 Å². The molecule has 10 heteroatoms. The fourth-order valence-corrected chi connectivity index (χ4v) is 3.97. The number of aromatic amines is 1. The summed E-state index contributed by atoms with van der Waals surface area (Å²) >= 11 is 0. The number of carboxylic acid groups (broad SMARTS) is 1. The Morgan fingerprint density at radius 3 is 2.06 bits per heavy atom. The van der Waals surface area contributed by atoms with Crippen LogP contribution in [0.25, 0.3) is 10.9 Å². The smallest absolute Gasteiger partial charge is 0.325 e. The number of aliphatic carboxylic acids is 1. The van der Waals surface area contributed by atoms with E-state index in [0.29, 0.717) is 12.8 Å². The molecular formula is C26H39N5O5. The zero-order chi connectivity index (χ0) is 27.0. The summed E-state index contributed by atoms with van der Waals surface area (Å²) in [6.45, 7) is 9.11. The van der Waals surface area contributed by atoms with Crippen molar-refractivity contribution in [1.82, 2.24) is 20.9 Å². The van der Waals surface area contributed by atoms with Crippen LogP contribution in [0.3, 0.4) is 0 Å². The number of rotatable bonds is 13. The number of carbonyl (C=O) groups is 4. The van der Waals surface area contributed by atoms with Crippen LogP contribution < -0.4 is 21.7 Å². The number of nitrogens with two attached hydrogens (primary N) is 1. The SMILES string of the molecule is CC(C)CC(N)C(=O)NC(CC(C)C)C(=O)NC(Cc1c[nH]c2ccccc12)C(=O)NC(C)C(=O)O. The number of carbonyl (C=O) groups excluding carboxylic acids is 3. The Hall–Kier alpha value is -3.40. The first-order chi connectivity index (χ1) is 16.9. The molecule has 0 aliphatic rings. The molecule has 36 heavy (non-hydrogen) atoms. The van der Waals surface area contributed by atoms with Crippen molar-refractivity contribution in [3.8, 4) is 0 Å². The van der Waals surface area contributed by atoms with Crippen LogP contribution in [-0.4, -0.2) is 57.9 Å². The fraction of sp³-hybridized carbons (Fsp3) is 0.538. The molecule has 2 rings (SSSR count). The van der Waals surface area contributed by atoms with Gasteiger partial charge >= 0.3 is 5.97 Å². The summed E-state index contributed by atoms with van der Waals surface area (Å²) in [5.74, 6) is -2.49. The van der Waals surface area contributed by atoms with Crippen LogP contribution in [0, 0.1) is 11.8 Å². The number of hydrogen-bond donors (Lipinski definition) is 6. The lowest BCUT2D eigenvalue weighted by Gasteiger charge is -2.26. The van der Waals surface area contributed by atoms with Gasteiger partial charge in [0.2, 0.25) is 17.7 Å². The van der Waals surface area contributed by atoms with E-state index in [9.17, 15) is 24.3 Å². The number of carboxylic acids is 1. The third kappa shape index (κ3) is 8.37. The van der Waals surface area contributed by atoms with Gasteiger partial charge in [0.25, 0.3) is 0 Å². The van der Waals surface area contributed by atoms with Crippen molar-refractivity contribution in [3.05, 3.63) is 36.0 Å². The number of benzene rings is 1. The lowest BCUT2D eigenvalue weighted by molar-refractivity contribution is -0.141. The zero-order valence-corrected chi connectivity index (χ0v) is 21.6. The van der Waals surface area contributed by atoms with E-state index in [1.54, 1.807) is 6.20 Å². The Kier molecular flexibility index (Phi) is 10.5. The van der Waals surface area contributed by atoms with Gasteiger partial charge in [0, 0.05) is 23.5 Å². The molecule has 2 aromatic rings. The van der Waals surface area contributed by atoms with Gasteiger partial charge in [0.1, 0.15) is 18.1 Å². The average Bonchev–Trinajstić information content (AvgIpc) is 3.20. The highest BCUT2D eigenvalue weighted by atomic mass is 16.4. The maximum Gasteiger partial charge on any atom is 0.325 e. The highest BCUT2D eigenvalue weighted by molar-refractivity contribution is 5.94. The van der Waals surface area contributed by atoms with E-state index in [4.69, 9.17) is 5.73 Å². The highest BCUT2D eigenvalue weighted by Gasteiger charge is 2.30. The molecule has 0 aliphatic heterocycles. The quantitative estimate of drug-likeness (QED) is 0.244. The van der Waals surface area contributed by atoms with Crippen molar-refractivity contribution in [2.75, 3.05) is 0 Å². The number of fused-ring (bicyclic) bond motifs is 1. The minimum Gasteiger partial charge on any atom is -0.480 e. The summed E-state index contributed by atoms with van der Waals surface area (Å²) in [5, 5.41) is 18.0. The normalized spacial score (nSPS) is 14.8. The van der Waals surface area contributed by atoms with E-state index >= 15 is 0 Å². The third-order valence-electron chi connectivity index (χ3n) is 5.86. The molecule has 0 saturated carbocycles. The average molecular weight is 502 g/mol. The molecule has 1 aromatic carbocycles. The van der Waals surface area contributed by atoms with E-state index in [1.165, 1.54) is 6.92 Å². The van der Waals surface area contributed by atoms with Gasteiger partial charge in [0.15, 0.2) is 0 Å². The summed E-state index contributed by atoms with van der Waals surface area (Å²) < 4.78 is 0. The fourth-order valence-electron chi connectivity index (χ4n) is 3.97. The molecule has 198 valence electrons. The second-order valence-corrected chi connectivity index (χ2v) is 10.1. The van der Waals surface area contributed by atoms with Crippen molar-refractivity contribution in [2.45, 2.75) is 78.0 Å². The molecule has 10 nitrogen and oxygen atoms in total. The van der Waals surface area contributed by atoms with Crippen molar-refractivity contribution in [2.24, 2.45) is 17.6 Å². The summed E-state index contributed by atoms with van der Waals surface area (Å²) in [6.07, 6.45) is 2.71. The number of amides is 3. The van der Waals surface area contributed by atoms with Gasteiger partial charge in [-0.25, -0.2) is 0 Å². The van der Waals surface area contributed by atoms with Crippen LogP contribution in [0.2, 0.25) is 0 Å². The van der Waals surface area contributed by atoms with Gasteiger partial charge in [0.05, 0.1) is 6.04 Å². The number of hydrogen-bond acceptors (Lipinski definition) is 5. The molecule has 0 radical (unpaired) electrons. The summed E-state index contributed by atoms with van der Waals surface area (Å²) in [7, 11) is 0. The molecule has 0 saturated heterocycles. The van der Waals surface area contributed by atoms with Crippen molar-refractivity contribution < 1.29 is 24.3 Å². The van der Waals surface area contributed by atoms with Crippen LogP contribution in [0.5, 0.6) is 0 Å². The van der Waals surface area contributed by atoms with Gasteiger partial charge in [-0.05, 0) is 43.2 Å². The standard InChI is InChI=1S/C26H39N5O5/c1-14(2)10-19(27)23(32)30-21(11-15(3)4)25(34)31-22(24(33)29-16(5)26(35)36)12-17-13-28-20-9-7-6-8-18(17)20/h6-9,13-16,19,21-22,28H,10-12,27H2,1-5H3,(H,29,33)(H,30,32)(H,31,34)(H,35,36). The second kappa shape index (κ2) is 13.1. The number of aromatic nitrogens is 1. The van der Waals surface area contributed by atoms with E-state index in [1.807, 2.05) is 52.0 Å². The van der Waals surface area contributed by atoms with Gasteiger partial charge in [-0.3, -0.25) is 19.2 Å². The first-order valence-electron chi connectivity index (χ1n) is 12.3. The molecule has 0 fully saturated rings. The first kappa shape index (κ1) is 28.8. The minimum absolute atomic E-state index is 0.0790. The van der Waals surface area contributed by atoms with E-state index in [2.05, 4.69) is 20.9 Å². The van der Waals surface area contributed by atoms with Crippen LogP contribution >= 0.6 is 0 Å². The Balaban J connectivity index is 2.27. The minimum atomic E-state index is -1.19. The lowest BCUT2D eigenvalue weighted by Crippen LogP contribution is -2.57. The largest absolute Gasteiger partial charge is 0.480 e. The number of para-hydroxylation sites is 1. The van der Waals surface area contributed by atoms with Gasteiger partial charge < -0.3 is 31.8 Å². The maximum absolute atomic E-state index is 13.3. The Bertz CT molecular complexity index is 1060. The first-order valence-corrected chi connectivity index (χ1v) is 12.3. The van der Waals surface area contributed by atoms with Crippen molar-refractivity contribution in [3.63, 3.8) is 0 Å².